The molecule has 6 heteroatoms. The number of carbonyl (C=O) groups excluding carboxylic acids is 1. The second-order valence-electron chi connectivity index (χ2n) is 6.97. The maximum atomic E-state index is 11.9. The lowest BCUT2D eigenvalue weighted by Crippen LogP contribution is -2.46. The number of nitrogens with one attached hydrogen (secondary N) is 1. The molecule has 1 aromatic carbocycles. The van der Waals surface area contributed by atoms with E-state index in [1.165, 1.54) is 0 Å². The van der Waals surface area contributed by atoms with Gasteiger partial charge in [-0.2, -0.15) is 0 Å². The van der Waals surface area contributed by atoms with Crippen LogP contribution in [0, 0.1) is 5.92 Å². The minimum Gasteiger partial charge on any atom is -0.383 e. The van der Waals surface area contributed by atoms with E-state index < -0.39 is 0 Å². The molecule has 1 aliphatic heterocycles. The molecule has 0 spiro atoms. The third-order valence-electron chi connectivity index (χ3n) is 4.80. The van der Waals surface area contributed by atoms with Gasteiger partial charge in [-0.05, 0) is 25.0 Å². The van der Waals surface area contributed by atoms with Crippen molar-refractivity contribution in [1.29, 1.82) is 0 Å². The number of nitrogens with zero attached hydrogens (tertiary/aromatic N) is 3. The highest BCUT2D eigenvalue weighted by Gasteiger charge is 2.25. The summed E-state index contributed by atoms with van der Waals surface area (Å²) >= 11 is 0. The molecule has 0 radical (unpaired) electrons. The van der Waals surface area contributed by atoms with Crippen molar-refractivity contribution >= 4 is 22.9 Å². The Morgan fingerprint density at radius 3 is 2.72 bits per heavy atom. The molecule has 1 saturated heterocycles. The van der Waals surface area contributed by atoms with Crippen LogP contribution in [-0.4, -0.2) is 48.3 Å². The number of ether oxygens (including phenoxy) is 1. The molecule has 2 heterocycles. The van der Waals surface area contributed by atoms with E-state index in [0.29, 0.717) is 6.61 Å². The number of anilines is 1. The molecule has 1 fully saturated rings. The van der Waals surface area contributed by atoms with E-state index in [4.69, 9.17) is 9.72 Å². The molecule has 1 aromatic heterocycles. The maximum Gasteiger partial charge on any atom is 0.222 e. The van der Waals surface area contributed by atoms with Crippen LogP contribution in [0.2, 0.25) is 0 Å². The molecule has 25 heavy (non-hydrogen) atoms. The van der Waals surface area contributed by atoms with Gasteiger partial charge >= 0.3 is 0 Å². The SMILES string of the molecule is COCCn1c(N2CCC(NC(=O)C(C)C)CC2)nc2ccccc21. The van der Waals surface area contributed by atoms with E-state index in [-0.39, 0.29) is 17.9 Å². The number of amides is 1. The highest BCUT2D eigenvalue weighted by atomic mass is 16.5. The third kappa shape index (κ3) is 3.95. The van der Waals surface area contributed by atoms with Crippen molar-refractivity contribution in [1.82, 2.24) is 14.9 Å². The van der Waals surface area contributed by atoms with Crippen LogP contribution in [0.25, 0.3) is 11.0 Å². The molecule has 0 aliphatic carbocycles. The molecule has 1 N–H and O–H groups in total. The smallest absolute Gasteiger partial charge is 0.222 e. The summed E-state index contributed by atoms with van der Waals surface area (Å²) < 4.78 is 7.52. The van der Waals surface area contributed by atoms with Crippen molar-refractivity contribution in [2.24, 2.45) is 5.92 Å². The van der Waals surface area contributed by atoms with Crippen molar-refractivity contribution in [2.45, 2.75) is 39.3 Å². The molecule has 1 aliphatic rings. The summed E-state index contributed by atoms with van der Waals surface area (Å²) in [6.07, 6.45) is 1.90. The zero-order valence-electron chi connectivity index (χ0n) is 15.4. The highest BCUT2D eigenvalue weighted by Crippen LogP contribution is 2.25. The van der Waals surface area contributed by atoms with E-state index in [0.717, 1.165) is 49.5 Å². The van der Waals surface area contributed by atoms with E-state index in [1.54, 1.807) is 7.11 Å². The summed E-state index contributed by atoms with van der Waals surface area (Å²) in [5.41, 5.74) is 2.16. The summed E-state index contributed by atoms with van der Waals surface area (Å²) in [6, 6.07) is 8.50. The Morgan fingerprint density at radius 2 is 2.04 bits per heavy atom. The van der Waals surface area contributed by atoms with Gasteiger partial charge in [-0.3, -0.25) is 4.79 Å². The van der Waals surface area contributed by atoms with Crippen molar-refractivity contribution in [2.75, 3.05) is 31.7 Å². The normalized spacial score (nSPS) is 15.9. The summed E-state index contributed by atoms with van der Waals surface area (Å²) in [4.78, 5) is 19.1. The number of para-hydroxylation sites is 2. The lowest BCUT2D eigenvalue weighted by molar-refractivity contribution is -0.124. The molecule has 0 atom stereocenters. The minimum absolute atomic E-state index is 0.0382. The number of hydrogen-bond acceptors (Lipinski definition) is 4. The number of benzene rings is 1. The first-order chi connectivity index (χ1) is 12.1. The lowest BCUT2D eigenvalue weighted by atomic mass is 10.0. The van der Waals surface area contributed by atoms with Gasteiger partial charge in [-0.1, -0.05) is 26.0 Å². The highest BCUT2D eigenvalue weighted by molar-refractivity contribution is 5.79. The van der Waals surface area contributed by atoms with Gasteiger partial charge in [0.15, 0.2) is 0 Å². The number of aromatic nitrogens is 2. The predicted octanol–water partition coefficient (Wildman–Crippen LogP) is 2.42. The van der Waals surface area contributed by atoms with Crippen LogP contribution in [0.4, 0.5) is 5.95 Å². The number of carbonyl (C=O) groups is 1. The van der Waals surface area contributed by atoms with Gasteiger partial charge in [0.2, 0.25) is 11.9 Å². The molecule has 1 amide bonds. The first kappa shape index (κ1) is 17.7. The van der Waals surface area contributed by atoms with E-state index in [2.05, 4.69) is 26.9 Å². The quantitative estimate of drug-likeness (QED) is 0.874. The number of piperidine rings is 1. The molecule has 3 rings (SSSR count). The zero-order chi connectivity index (χ0) is 17.8. The van der Waals surface area contributed by atoms with Gasteiger partial charge in [0.05, 0.1) is 17.6 Å². The Bertz CT molecular complexity index is 717. The van der Waals surface area contributed by atoms with E-state index >= 15 is 0 Å². The van der Waals surface area contributed by atoms with Crippen LogP contribution in [0.3, 0.4) is 0 Å². The topological polar surface area (TPSA) is 59.4 Å². The molecule has 0 bridgehead atoms. The third-order valence-corrected chi connectivity index (χ3v) is 4.80. The first-order valence-electron chi connectivity index (χ1n) is 9.09. The maximum absolute atomic E-state index is 11.9. The lowest BCUT2D eigenvalue weighted by Gasteiger charge is -2.33. The van der Waals surface area contributed by atoms with Crippen LogP contribution < -0.4 is 10.2 Å². The summed E-state index contributed by atoms with van der Waals surface area (Å²) in [6.45, 7) is 7.12. The Balaban J connectivity index is 1.73. The first-order valence-corrected chi connectivity index (χ1v) is 9.09. The largest absolute Gasteiger partial charge is 0.383 e. The fraction of sp³-hybridized carbons (Fsp3) is 0.579. The average Bonchev–Trinajstić information content (AvgIpc) is 2.99. The zero-order valence-corrected chi connectivity index (χ0v) is 15.4. The molecule has 0 saturated carbocycles. The van der Waals surface area contributed by atoms with Gasteiger partial charge in [0, 0.05) is 38.7 Å². The van der Waals surface area contributed by atoms with Gasteiger partial charge in [-0.15, -0.1) is 0 Å². The number of hydrogen-bond donors (Lipinski definition) is 1. The van der Waals surface area contributed by atoms with Crippen LogP contribution in [0.5, 0.6) is 0 Å². The van der Waals surface area contributed by atoms with Crippen molar-refractivity contribution in [3.8, 4) is 0 Å². The second-order valence-corrected chi connectivity index (χ2v) is 6.97. The molecule has 2 aromatic rings. The van der Waals surface area contributed by atoms with Gasteiger partial charge in [0.25, 0.3) is 0 Å². The van der Waals surface area contributed by atoms with Gasteiger partial charge < -0.3 is 19.5 Å². The minimum atomic E-state index is 0.0382. The monoisotopic (exact) mass is 344 g/mol. The summed E-state index contributed by atoms with van der Waals surface area (Å²) in [5, 5.41) is 3.15. The molecule has 136 valence electrons. The van der Waals surface area contributed by atoms with Crippen LogP contribution >= 0.6 is 0 Å². The van der Waals surface area contributed by atoms with Crippen molar-refractivity contribution in [3.63, 3.8) is 0 Å². The fourth-order valence-electron chi connectivity index (χ4n) is 3.30. The Kier molecular flexibility index (Phi) is 5.58. The average molecular weight is 344 g/mol. The fourth-order valence-corrected chi connectivity index (χ4v) is 3.30. The summed E-state index contributed by atoms with van der Waals surface area (Å²) in [7, 11) is 1.72. The van der Waals surface area contributed by atoms with Gasteiger partial charge in [0.1, 0.15) is 0 Å². The number of imidazole rings is 1. The number of methoxy groups -OCH3 is 1. The Morgan fingerprint density at radius 1 is 1.32 bits per heavy atom. The van der Waals surface area contributed by atoms with Crippen LogP contribution in [0.15, 0.2) is 24.3 Å². The predicted molar refractivity (Wildman–Crippen MR) is 99.8 cm³/mol. The molecule has 0 unspecified atom stereocenters. The van der Waals surface area contributed by atoms with Crippen molar-refractivity contribution in [3.05, 3.63) is 24.3 Å². The van der Waals surface area contributed by atoms with Crippen LogP contribution in [-0.2, 0) is 16.1 Å². The Hall–Kier alpha value is -2.08. The molecular formula is C19H28N4O2. The van der Waals surface area contributed by atoms with E-state index in [9.17, 15) is 4.79 Å². The summed E-state index contributed by atoms with van der Waals surface area (Å²) in [5.74, 6) is 1.19. The van der Waals surface area contributed by atoms with Crippen LogP contribution in [0.1, 0.15) is 26.7 Å². The van der Waals surface area contributed by atoms with Gasteiger partial charge in [-0.25, -0.2) is 4.98 Å². The van der Waals surface area contributed by atoms with E-state index in [1.807, 2.05) is 26.0 Å². The Labute approximate surface area is 149 Å². The molecule has 6 nitrogen and oxygen atoms in total. The number of fused-ring (bicyclic) bond motifs is 1. The molecular weight excluding hydrogens is 316 g/mol. The van der Waals surface area contributed by atoms with Crippen molar-refractivity contribution < 1.29 is 9.53 Å². The second kappa shape index (κ2) is 7.87. The number of rotatable bonds is 6. The standard InChI is InChI=1S/C19H28N4O2/c1-14(2)18(24)20-15-8-10-22(11-9-15)19-21-16-6-4-5-7-17(16)23(19)12-13-25-3/h4-7,14-15H,8-13H2,1-3H3,(H,20,24).